The van der Waals surface area contributed by atoms with Crippen molar-refractivity contribution in [2.45, 2.75) is 19.1 Å². The minimum Gasteiger partial charge on any atom is -0.494 e. The zero-order valence-electron chi connectivity index (χ0n) is 13.7. The van der Waals surface area contributed by atoms with Gasteiger partial charge >= 0.3 is 0 Å². The van der Waals surface area contributed by atoms with E-state index in [4.69, 9.17) is 9.47 Å². The van der Waals surface area contributed by atoms with Crippen molar-refractivity contribution in [3.05, 3.63) is 29.4 Å². The van der Waals surface area contributed by atoms with Crippen LogP contribution in [0, 0.1) is 5.82 Å². The Kier molecular flexibility index (Phi) is 6.71. The van der Waals surface area contributed by atoms with Gasteiger partial charge in [0.1, 0.15) is 6.04 Å². The van der Waals surface area contributed by atoms with Gasteiger partial charge in [0, 0.05) is 17.5 Å². The molecule has 0 saturated carbocycles. The van der Waals surface area contributed by atoms with Crippen molar-refractivity contribution < 1.29 is 18.7 Å². The quantitative estimate of drug-likeness (QED) is 0.843. The first kappa shape index (κ1) is 19.6. The second kappa shape index (κ2) is 8.57. The van der Waals surface area contributed by atoms with Crippen molar-refractivity contribution in [1.29, 1.82) is 0 Å². The summed E-state index contributed by atoms with van der Waals surface area (Å²) in [6, 6.07) is 4.22. The van der Waals surface area contributed by atoms with Gasteiger partial charge in [0.2, 0.25) is 5.91 Å². The summed E-state index contributed by atoms with van der Waals surface area (Å²) in [5, 5.41) is 8.13. The van der Waals surface area contributed by atoms with Crippen LogP contribution < -0.4 is 15.4 Å². The van der Waals surface area contributed by atoms with E-state index in [1.807, 2.05) is 6.92 Å². The predicted molar refractivity (Wildman–Crippen MR) is 97.1 cm³/mol. The van der Waals surface area contributed by atoms with Crippen LogP contribution in [0.15, 0.2) is 23.6 Å². The Morgan fingerprint density at radius 1 is 1.52 bits per heavy atom. The lowest BCUT2D eigenvalue weighted by atomic mass is 10.1. The second-order valence-corrected chi connectivity index (χ2v) is 6.24. The molecule has 1 saturated heterocycles. The molecule has 1 fully saturated rings. The Morgan fingerprint density at radius 2 is 2.32 bits per heavy atom. The van der Waals surface area contributed by atoms with Crippen LogP contribution in [0.2, 0.25) is 0 Å². The van der Waals surface area contributed by atoms with Crippen molar-refractivity contribution >= 4 is 34.8 Å². The Balaban J connectivity index is 0.00000225. The van der Waals surface area contributed by atoms with Gasteiger partial charge in [0.05, 0.1) is 25.5 Å². The molecule has 1 amide bonds. The molecule has 1 aliphatic rings. The van der Waals surface area contributed by atoms with Crippen molar-refractivity contribution in [2.75, 3.05) is 25.6 Å². The van der Waals surface area contributed by atoms with Crippen molar-refractivity contribution in [3.63, 3.8) is 0 Å². The number of hydrogen-bond acceptors (Lipinski definition) is 6. The van der Waals surface area contributed by atoms with E-state index >= 15 is 0 Å². The number of anilines is 1. The van der Waals surface area contributed by atoms with E-state index in [0.29, 0.717) is 29.5 Å². The maximum atomic E-state index is 13.8. The summed E-state index contributed by atoms with van der Waals surface area (Å²) < 4.78 is 24.2. The van der Waals surface area contributed by atoms with Crippen LogP contribution in [-0.4, -0.2) is 43.3 Å². The number of nitrogens with zero attached hydrogens (tertiary/aromatic N) is 1. The van der Waals surface area contributed by atoms with Gasteiger partial charge in [-0.2, -0.15) is 0 Å². The number of hydrogen-bond donors (Lipinski definition) is 2. The van der Waals surface area contributed by atoms with Crippen LogP contribution >= 0.6 is 23.7 Å². The molecule has 2 heterocycles. The van der Waals surface area contributed by atoms with Crippen LogP contribution in [0.25, 0.3) is 11.3 Å². The van der Waals surface area contributed by atoms with Gasteiger partial charge in [-0.1, -0.05) is 0 Å². The summed E-state index contributed by atoms with van der Waals surface area (Å²) in [7, 11) is 1.42. The van der Waals surface area contributed by atoms with Gasteiger partial charge in [-0.15, -0.1) is 23.7 Å². The first-order valence-corrected chi connectivity index (χ1v) is 8.41. The number of thiazole rings is 1. The fourth-order valence-electron chi connectivity index (χ4n) is 2.50. The maximum absolute atomic E-state index is 13.8. The van der Waals surface area contributed by atoms with Crippen LogP contribution in [0.3, 0.4) is 0 Å². The van der Waals surface area contributed by atoms with E-state index in [1.165, 1.54) is 24.5 Å². The number of rotatable bonds is 4. The molecule has 1 aromatic carbocycles. The summed E-state index contributed by atoms with van der Waals surface area (Å²) in [4.78, 5) is 16.6. The number of carbonyl (C=O) groups is 1. The van der Waals surface area contributed by atoms with Crippen LogP contribution in [0.4, 0.5) is 9.52 Å². The van der Waals surface area contributed by atoms with E-state index in [2.05, 4.69) is 15.6 Å². The zero-order valence-corrected chi connectivity index (χ0v) is 15.4. The monoisotopic (exact) mass is 387 g/mol. The topological polar surface area (TPSA) is 72.5 Å². The maximum Gasteiger partial charge on any atom is 0.245 e. The molecule has 2 N–H and O–H groups in total. The zero-order chi connectivity index (χ0) is 17.1. The number of benzene rings is 1. The number of methoxy groups -OCH3 is 1. The van der Waals surface area contributed by atoms with Crippen molar-refractivity contribution in [2.24, 2.45) is 0 Å². The van der Waals surface area contributed by atoms with Crippen molar-refractivity contribution in [1.82, 2.24) is 10.3 Å². The lowest BCUT2D eigenvalue weighted by molar-refractivity contribution is -0.123. The SMILES string of the molecule is COc1ccc(-c2csc(NC(=O)[C@H]3NCCO[C@@H]3C)n2)cc1F.Cl. The van der Waals surface area contributed by atoms with Gasteiger partial charge in [0.15, 0.2) is 16.7 Å². The van der Waals surface area contributed by atoms with Gasteiger partial charge in [-0.3, -0.25) is 4.79 Å². The lowest BCUT2D eigenvalue weighted by Crippen LogP contribution is -2.53. The number of aromatic nitrogens is 1. The minimum absolute atomic E-state index is 0. The molecule has 2 aromatic rings. The highest BCUT2D eigenvalue weighted by Gasteiger charge is 2.28. The molecule has 0 bridgehead atoms. The normalized spacial score (nSPS) is 19.8. The van der Waals surface area contributed by atoms with E-state index in [0.717, 1.165) is 0 Å². The standard InChI is InChI=1S/C16H18FN3O3S.ClH/c1-9-14(18-5-6-23-9)15(21)20-16-19-12(8-24-16)10-3-4-13(22-2)11(17)7-10;/h3-4,7-9,14,18H,5-6H2,1-2H3,(H,19,20,21);1H/t9-,14+;/m1./s1. The molecule has 1 aliphatic heterocycles. The largest absolute Gasteiger partial charge is 0.494 e. The highest BCUT2D eigenvalue weighted by atomic mass is 35.5. The molecule has 136 valence electrons. The van der Waals surface area contributed by atoms with E-state index < -0.39 is 11.9 Å². The second-order valence-electron chi connectivity index (χ2n) is 5.38. The minimum atomic E-state index is -0.453. The summed E-state index contributed by atoms with van der Waals surface area (Å²) >= 11 is 1.29. The fourth-order valence-corrected chi connectivity index (χ4v) is 3.22. The summed E-state index contributed by atoms with van der Waals surface area (Å²) in [5.74, 6) is -0.463. The number of amides is 1. The van der Waals surface area contributed by atoms with Crippen molar-refractivity contribution in [3.8, 4) is 17.0 Å². The van der Waals surface area contributed by atoms with E-state index in [1.54, 1.807) is 17.5 Å². The molecule has 0 aliphatic carbocycles. The highest BCUT2D eigenvalue weighted by molar-refractivity contribution is 7.14. The Morgan fingerprint density at radius 3 is 3.00 bits per heavy atom. The molecule has 3 rings (SSSR count). The Labute approximate surface area is 155 Å². The number of halogens is 2. The molecule has 0 radical (unpaired) electrons. The summed E-state index contributed by atoms with van der Waals surface area (Å²) in [6.07, 6.45) is -0.200. The average molecular weight is 388 g/mol. The molecule has 1 aromatic heterocycles. The van der Waals surface area contributed by atoms with E-state index in [9.17, 15) is 9.18 Å². The Bertz CT molecular complexity index is 743. The third kappa shape index (κ3) is 4.46. The van der Waals surface area contributed by atoms with Crippen LogP contribution in [0.1, 0.15) is 6.92 Å². The third-order valence-electron chi connectivity index (χ3n) is 3.78. The van der Waals surface area contributed by atoms with Gasteiger partial charge in [-0.05, 0) is 25.1 Å². The van der Waals surface area contributed by atoms with Gasteiger partial charge < -0.3 is 20.1 Å². The fraction of sp³-hybridized carbons (Fsp3) is 0.375. The number of ether oxygens (including phenoxy) is 2. The lowest BCUT2D eigenvalue weighted by Gasteiger charge is -2.28. The number of morpholine rings is 1. The highest BCUT2D eigenvalue weighted by Crippen LogP contribution is 2.28. The molecule has 25 heavy (non-hydrogen) atoms. The Hall–Kier alpha value is -1.74. The molecule has 2 atom stereocenters. The first-order chi connectivity index (χ1) is 11.6. The smallest absolute Gasteiger partial charge is 0.245 e. The molecular formula is C16H19ClFN3O3S. The van der Waals surface area contributed by atoms with Crippen LogP contribution in [0.5, 0.6) is 5.75 Å². The predicted octanol–water partition coefficient (Wildman–Crippen LogP) is 2.70. The molecule has 0 unspecified atom stereocenters. The average Bonchev–Trinajstić information content (AvgIpc) is 3.03. The molecular weight excluding hydrogens is 369 g/mol. The molecule has 6 nitrogen and oxygen atoms in total. The molecule has 9 heteroatoms. The number of carbonyl (C=O) groups excluding carboxylic acids is 1. The van der Waals surface area contributed by atoms with Gasteiger partial charge in [0.25, 0.3) is 0 Å². The molecule has 0 spiro atoms. The van der Waals surface area contributed by atoms with E-state index in [-0.39, 0.29) is 30.2 Å². The first-order valence-electron chi connectivity index (χ1n) is 7.54. The van der Waals surface area contributed by atoms with Crippen LogP contribution in [-0.2, 0) is 9.53 Å². The summed E-state index contributed by atoms with van der Waals surface area (Å²) in [6.45, 7) is 3.08. The third-order valence-corrected chi connectivity index (χ3v) is 4.54. The van der Waals surface area contributed by atoms with Gasteiger partial charge in [-0.25, -0.2) is 9.37 Å². The summed E-state index contributed by atoms with van der Waals surface area (Å²) in [5.41, 5.74) is 1.22. The number of nitrogens with one attached hydrogen (secondary N) is 2.